The van der Waals surface area contributed by atoms with Crippen molar-refractivity contribution >= 4 is 41.4 Å². The highest BCUT2D eigenvalue weighted by Crippen LogP contribution is 2.14. The largest absolute Gasteiger partial charge is 0.481 e. The van der Waals surface area contributed by atoms with Crippen LogP contribution in [0.3, 0.4) is 0 Å². The summed E-state index contributed by atoms with van der Waals surface area (Å²) in [5, 5.41) is 32.3. The molecule has 4 amide bonds. The number of ether oxygens (including phenoxy) is 4. The van der Waals surface area contributed by atoms with Crippen molar-refractivity contribution in [2.75, 3.05) is 72.5 Å². The second kappa shape index (κ2) is 44.1. The van der Waals surface area contributed by atoms with Gasteiger partial charge < -0.3 is 55.7 Å². The molecule has 0 aliphatic heterocycles. The number of ketones is 1. The minimum absolute atomic E-state index is 0.0158. The van der Waals surface area contributed by atoms with E-state index < -0.39 is 18.0 Å². The first-order valence-corrected chi connectivity index (χ1v) is 24.4. The molecule has 2 unspecified atom stereocenters. The van der Waals surface area contributed by atoms with Gasteiger partial charge in [0.2, 0.25) is 23.6 Å². The monoisotopic (exact) mass is 930 g/mol. The lowest BCUT2D eigenvalue weighted by Crippen LogP contribution is -2.41. The van der Waals surface area contributed by atoms with Gasteiger partial charge in [-0.1, -0.05) is 90.9 Å². The fourth-order valence-electron chi connectivity index (χ4n) is 6.75. The zero-order valence-corrected chi connectivity index (χ0v) is 40.2. The minimum atomic E-state index is -1.18. The third kappa shape index (κ3) is 43.9. The molecule has 0 aliphatic carbocycles. The summed E-state index contributed by atoms with van der Waals surface area (Å²) in [6.07, 6.45) is 18.4. The summed E-state index contributed by atoms with van der Waals surface area (Å²) in [6.45, 7) is 9.02. The van der Waals surface area contributed by atoms with E-state index in [0.29, 0.717) is 39.3 Å². The molecular weight excluding hydrogens is 843 g/mol. The maximum atomic E-state index is 12.3. The summed E-state index contributed by atoms with van der Waals surface area (Å²) < 4.78 is 21.8. The Labute approximate surface area is 388 Å². The Morgan fingerprint density at radius 1 is 0.415 bits per heavy atom. The van der Waals surface area contributed by atoms with Gasteiger partial charge in [-0.25, -0.2) is 4.79 Å². The van der Waals surface area contributed by atoms with E-state index >= 15 is 0 Å². The van der Waals surface area contributed by atoms with Crippen molar-refractivity contribution in [2.24, 2.45) is 0 Å². The molecule has 0 saturated heterocycles. The van der Waals surface area contributed by atoms with Gasteiger partial charge in [0.25, 0.3) is 0 Å². The van der Waals surface area contributed by atoms with E-state index in [4.69, 9.17) is 24.1 Å². The van der Waals surface area contributed by atoms with E-state index in [9.17, 15) is 38.7 Å². The molecule has 18 nitrogen and oxygen atoms in total. The van der Waals surface area contributed by atoms with Crippen molar-refractivity contribution < 1.29 is 62.7 Å². The smallest absolute Gasteiger partial charge is 0.326 e. The van der Waals surface area contributed by atoms with E-state index in [1.807, 2.05) is 13.8 Å². The van der Waals surface area contributed by atoms with Crippen LogP contribution in [0.4, 0.5) is 0 Å². The second-order valence-corrected chi connectivity index (χ2v) is 16.8. The van der Waals surface area contributed by atoms with E-state index in [-0.39, 0.29) is 120 Å². The summed E-state index contributed by atoms with van der Waals surface area (Å²) in [7, 11) is 0. The number of carbonyl (C=O) groups excluding carboxylic acids is 5. The highest BCUT2D eigenvalue weighted by Gasteiger charge is 2.21. The molecule has 7 N–H and O–H groups in total. The van der Waals surface area contributed by atoms with Crippen LogP contribution in [-0.2, 0) is 52.5 Å². The normalized spacial score (nSPS) is 12.1. The molecule has 378 valence electrons. The first kappa shape index (κ1) is 61.3. The molecule has 0 fully saturated rings. The number of hydrogen-bond donors (Lipinski definition) is 7. The van der Waals surface area contributed by atoms with Crippen LogP contribution in [0.5, 0.6) is 0 Å². The number of amides is 4. The summed E-state index contributed by atoms with van der Waals surface area (Å²) in [5.41, 5.74) is 0. The molecule has 0 aromatic rings. The van der Waals surface area contributed by atoms with Crippen molar-refractivity contribution in [3.63, 3.8) is 0 Å². The number of aliphatic carboxylic acids is 2. The van der Waals surface area contributed by atoms with Crippen LogP contribution in [0, 0.1) is 0 Å². The number of carboxylic acid groups (broad SMARTS) is 2. The van der Waals surface area contributed by atoms with Crippen molar-refractivity contribution in [3.05, 3.63) is 0 Å². The van der Waals surface area contributed by atoms with Gasteiger partial charge in [-0.15, -0.1) is 0 Å². The Hall–Kier alpha value is -3.71. The van der Waals surface area contributed by atoms with Gasteiger partial charge in [0.15, 0.2) is 0 Å². The number of nitrogens with one attached hydrogen (secondary N) is 5. The highest BCUT2D eigenvalue weighted by molar-refractivity contribution is 5.84. The third-order valence-electron chi connectivity index (χ3n) is 10.4. The fourth-order valence-corrected chi connectivity index (χ4v) is 6.75. The Bertz CT molecular complexity index is 1270. The maximum absolute atomic E-state index is 12.3. The standard InChI is InChI=1S/C47H87N5O13/c1-38(2)51-40(39(3)53)20-18-19-27-48-43(55)25-30-62-34-37-65-33-29-50-44(56)26-31-63-35-36-64-32-28-49-42(54)24-23-41(47(60)61)52-45(57)21-16-14-12-10-8-6-4-5-7-9-11-13-15-17-22-46(58)59/h38,40-41,51H,4-37H2,1-3H3,(H,48,55)(H,49,54)(H,50,56)(H,52,57)(H,58,59)(H,60,61). The lowest BCUT2D eigenvalue weighted by atomic mass is 10.0. The zero-order chi connectivity index (χ0) is 48.2. The average molecular weight is 930 g/mol. The fraction of sp³-hybridized carbons (Fsp3) is 0.851. The minimum Gasteiger partial charge on any atom is -0.481 e. The maximum Gasteiger partial charge on any atom is 0.326 e. The van der Waals surface area contributed by atoms with E-state index in [0.717, 1.165) is 57.8 Å². The van der Waals surface area contributed by atoms with E-state index in [1.165, 1.54) is 44.9 Å². The SMILES string of the molecule is CC(=O)C(CCCCNC(=O)CCOCCOCCNC(=O)CCOCCOCCNC(=O)CCC(NC(=O)CCCCCCCCCCCCCCCCC(=O)O)C(=O)O)NC(C)C. The molecular formula is C47H87N5O13. The Balaban J connectivity index is 3.64. The quantitative estimate of drug-likeness (QED) is 0.0398. The van der Waals surface area contributed by atoms with Crippen molar-refractivity contribution in [1.29, 1.82) is 0 Å². The summed E-state index contributed by atoms with van der Waals surface area (Å²) in [4.78, 5) is 82.4. The lowest BCUT2D eigenvalue weighted by Gasteiger charge is -2.18. The van der Waals surface area contributed by atoms with Crippen molar-refractivity contribution in [3.8, 4) is 0 Å². The molecule has 18 heteroatoms. The number of Topliss-reactive ketones (excluding diaryl/α,β-unsaturated/α-hetero) is 1. The van der Waals surface area contributed by atoms with Gasteiger partial charge in [-0.05, 0) is 45.4 Å². The number of hydrogen-bond acceptors (Lipinski definition) is 12. The molecule has 65 heavy (non-hydrogen) atoms. The Morgan fingerprint density at radius 3 is 1.26 bits per heavy atom. The van der Waals surface area contributed by atoms with Gasteiger partial charge in [0, 0.05) is 57.8 Å². The first-order chi connectivity index (χ1) is 31.3. The molecule has 0 rings (SSSR count). The van der Waals surface area contributed by atoms with Gasteiger partial charge in [-0.2, -0.15) is 0 Å². The molecule has 0 spiro atoms. The number of carboxylic acids is 2. The number of carbonyl (C=O) groups is 7. The summed E-state index contributed by atoms with van der Waals surface area (Å²) >= 11 is 0. The zero-order valence-electron chi connectivity index (χ0n) is 40.2. The number of rotatable bonds is 48. The highest BCUT2D eigenvalue weighted by atomic mass is 16.5. The van der Waals surface area contributed by atoms with Crippen LogP contribution in [0.25, 0.3) is 0 Å². The molecule has 0 aromatic heterocycles. The van der Waals surface area contributed by atoms with E-state index in [1.54, 1.807) is 6.92 Å². The predicted octanol–water partition coefficient (Wildman–Crippen LogP) is 4.98. The first-order valence-electron chi connectivity index (χ1n) is 24.4. The molecule has 0 heterocycles. The van der Waals surface area contributed by atoms with Gasteiger partial charge >= 0.3 is 11.9 Å². The number of unbranched alkanes of at least 4 members (excludes halogenated alkanes) is 14. The summed E-state index contributed by atoms with van der Waals surface area (Å²) in [6, 6.07) is -1.04. The van der Waals surface area contributed by atoms with E-state index in [2.05, 4.69) is 26.6 Å². The van der Waals surface area contributed by atoms with Crippen molar-refractivity contribution in [1.82, 2.24) is 26.6 Å². The van der Waals surface area contributed by atoms with Gasteiger partial charge in [-0.3, -0.25) is 28.8 Å². The molecule has 0 saturated carbocycles. The lowest BCUT2D eigenvalue weighted by molar-refractivity contribution is -0.142. The molecule has 0 bridgehead atoms. The molecule has 0 radical (unpaired) electrons. The van der Waals surface area contributed by atoms with Crippen LogP contribution in [-0.4, -0.2) is 142 Å². The average Bonchev–Trinajstić information content (AvgIpc) is 3.25. The second-order valence-electron chi connectivity index (χ2n) is 16.8. The van der Waals surface area contributed by atoms with Crippen LogP contribution in [0.2, 0.25) is 0 Å². The van der Waals surface area contributed by atoms with Crippen LogP contribution < -0.4 is 26.6 Å². The van der Waals surface area contributed by atoms with Gasteiger partial charge in [0.05, 0.1) is 58.9 Å². The predicted molar refractivity (Wildman–Crippen MR) is 248 cm³/mol. The molecule has 0 aromatic carbocycles. The Morgan fingerprint density at radius 2 is 0.831 bits per heavy atom. The topological polar surface area (TPSA) is 257 Å². The Kier molecular flexibility index (Phi) is 41.6. The third-order valence-corrected chi connectivity index (χ3v) is 10.4. The van der Waals surface area contributed by atoms with Crippen LogP contribution >= 0.6 is 0 Å². The molecule has 0 aliphatic rings. The van der Waals surface area contributed by atoms with Crippen LogP contribution in [0.1, 0.15) is 168 Å². The molecule has 2 atom stereocenters. The summed E-state index contributed by atoms with van der Waals surface area (Å²) in [5.74, 6) is -2.68. The van der Waals surface area contributed by atoms with Gasteiger partial charge in [0.1, 0.15) is 11.8 Å². The van der Waals surface area contributed by atoms with Crippen LogP contribution in [0.15, 0.2) is 0 Å². The van der Waals surface area contributed by atoms with Crippen molar-refractivity contribution in [2.45, 2.75) is 187 Å².